The van der Waals surface area contributed by atoms with E-state index >= 15 is 0 Å². The zero-order chi connectivity index (χ0) is 22.8. The van der Waals surface area contributed by atoms with E-state index in [1.54, 1.807) is 10.7 Å². The Kier molecular flexibility index (Phi) is 5.16. The minimum atomic E-state index is -0.734. The van der Waals surface area contributed by atoms with E-state index in [9.17, 15) is 14.7 Å². The first-order valence-electron chi connectivity index (χ1n) is 10.1. The number of aromatic nitrogens is 3. The van der Waals surface area contributed by atoms with Gasteiger partial charge in [0.25, 0.3) is 5.82 Å². The molecule has 0 aliphatic heterocycles. The molecule has 0 fully saturated rings. The van der Waals surface area contributed by atoms with Crippen molar-refractivity contribution in [1.82, 2.24) is 14.8 Å². The number of ether oxygens (including phenoxy) is 1. The molecule has 0 bridgehead atoms. The predicted molar refractivity (Wildman–Crippen MR) is 120 cm³/mol. The van der Waals surface area contributed by atoms with Crippen LogP contribution in [0.15, 0.2) is 94.1 Å². The number of carbonyl (C=O) groups is 1. The molecule has 162 valence electrons. The lowest BCUT2D eigenvalue weighted by Gasteiger charge is -2.06. The van der Waals surface area contributed by atoms with Crippen LogP contribution in [0.4, 0.5) is 0 Å². The summed E-state index contributed by atoms with van der Waals surface area (Å²) < 4.78 is 12.1. The maximum absolute atomic E-state index is 12.8. The molecule has 2 aromatic heterocycles. The van der Waals surface area contributed by atoms with Crippen molar-refractivity contribution in [1.29, 1.82) is 0 Å². The van der Waals surface area contributed by atoms with E-state index in [1.165, 1.54) is 18.2 Å². The maximum Gasteiger partial charge on any atom is 0.378 e. The SMILES string of the molecule is O=C(OCc1cc(=O)oc2cc(O)ccc12)c1nc(-c2ccccc2)n(-c2ccccc2)n1. The molecule has 2 heterocycles. The molecule has 0 aliphatic rings. The largest absolute Gasteiger partial charge is 0.508 e. The second-order valence-corrected chi connectivity index (χ2v) is 7.22. The lowest BCUT2D eigenvalue weighted by molar-refractivity contribution is 0.0459. The molecule has 5 rings (SSSR count). The van der Waals surface area contributed by atoms with Crippen molar-refractivity contribution >= 4 is 16.9 Å². The van der Waals surface area contributed by atoms with Crippen LogP contribution in [0, 0.1) is 0 Å². The van der Waals surface area contributed by atoms with Crippen LogP contribution in [0.2, 0.25) is 0 Å². The Balaban J connectivity index is 1.47. The van der Waals surface area contributed by atoms with Crippen LogP contribution in [0.3, 0.4) is 0 Å². The van der Waals surface area contributed by atoms with Crippen molar-refractivity contribution in [3.63, 3.8) is 0 Å². The van der Waals surface area contributed by atoms with Gasteiger partial charge in [0.15, 0.2) is 5.82 Å². The van der Waals surface area contributed by atoms with Crippen molar-refractivity contribution in [3.05, 3.63) is 107 Å². The molecular formula is C25H17N3O5. The number of esters is 1. The molecule has 8 nitrogen and oxygen atoms in total. The first-order chi connectivity index (χ1) is 16.1. The molecule has 0 spiro atoms. The van der Waals surface area contributed by atoms with Gasteiger partial charge >= 0.3 is 11.6 Å². The fourth-order valence-electron chi connectivity index (χ4n) is 3.47. The van der Waals surface area contributed by atoms with Gasteiger partial charge in [-0.15, -0.1) is 5.10 Å². The summed E-state index contributed by atoms with van der Waals surface area (Å²) in [5, 5.41) is 14.6. The average Bonchev–Trinajstić information content (AvgIpc) is 3.29. The van der Waals surface area contributed by atoms with Crippen molar-refractivity contribution in [2.24, 2.45) is 0 Å². The Morgan fingerprint density at radius 3 is 2.45 bits per heavy atom. The Bertz CT molecular complexity index is 1450. The smallest absolute Gasteiger partial charge is 0.378 e. The Hall–Kier alpha value is -4.72. The Labute approximate surface area is 187 Å². The summed E-state index contributed by atoms with van der Waals surface area (Å²) in [6, 6.07) is 24.4. The highest BCUT2D eigenvalue weighted by atomic mass is 16.5. The van der Waals surface area contributed by atoms with E-state index in [0.29, 0.717) is 16.8 Å². The van der Waals surface area contributed by atoms with Gasteiger partial charge in [0.2, 0.25) is 0 Å². The Morgan fingerprint density at radius 2 is 1.70 bits per heavy atom. The molecule has 0 radical (unpaired) electrons. The molecule has 0 saturated heterocycles. The van der Waals surface area contributed by atoms with Crippen LogP contribution in [0.5, 0.6) is 5.75 Å². The van der Waals surface area contributed by atoms with Crippen LogP contribution in [0.1, 0.15) is 16.2 Å². The van der Waals surface area contributed by atoms with Crippen molar-refractivity contribution in [2.75, 3.05) is 0 Å². The monoisotopic (exact) mass is 439 g/mol. The molecular weight excluding hydrogens is 422 g/mol. The number of phenolic OH excluding ortho intramolecular Hbond substituents is 1. The normalized spacial score (nSPS) is 10.9. The molecule has 0 saturated carbocycles. The third kappa shape index (κ3) is 4.09. The Morgan fingerprint density at radius 1 is 0.970 bits per heavy atom. The van der Waals surface area contributed by atoms with Gasteiger partial charge in [-0.1, -0.05) is 48.5 Å². The van der Waals surface area contributed by atoms with Crippen molar-refractivity contribution < 1.29 is 19.1 Å². The standard InChI is InChI=1S/C25H17N3O5/c29-19-11-12-20-17(13-22(30)33-21(20)14-19)15-32-25(31)23-26-24(16-7-3-1-4-8-16)28(27-23)18-9-5-2-6-10-18/h1-14,29H,15H2. The first-order valence-corrected chi connectivity index (χ1v) is 10.1. The topological polar surface area (TPSA) is 107 Å². The summed E-state index contributed by atoms with van der Waals surface area (Å²) >= 11 is 0. The van der Waals surface area contributed by atoms with Gasteiger partial charge in [-0.3, -0.25) is 0 Å². The number of phenols is 1. The zero-order valence-corrected chi connectivity index (χ0v) is 17.2. The molecule has 0 amide bonds. The van der Waals surface area contributed by atoms with Crippen LogP contribution >= 0.6 is 0 Å². The van der Waals surface area contributed by atoms with Gasteiger partial charge in [0.1, 0.15) is 17.9 Å². The third-order valence-electron chi connectivity index (χ3n) is 5.00. The molecule has 0 aliphatic carbocycles. The van der Waals surface area contributed by atoms with Gasteiger partial charge in [0.05, 0.1) is 5.69 Å². The third-order valence-corrected chi connectivity index (χ3v) is 5.00. The van der Waals surface area contributed by atoms with E-state index in [4.69, 9.17) is 9.15 Å². The number of benzene rings is 3. The number of fused-ring (bicyclic) bond motifs is 1. The first kappa shape index (κ1) is 20.2. The van der Waals surface area contributed by atoms with E-state index < -0.39 is 11.6 Å². The fourth-order valence-corrected chi connectivity index (χ4v) is 3.47. The summed E-state index contributed by atoms with van der Waals surface area (Å²) in [7, 11) is 0. The highest BCUT2D eigenvalue weighted by molar-refractivity contribution is 5.86. The summed E-state index contributed by atoms with van der Waals surface area (Å²) in [6.07, 6.45) is 0. The summed E-state index contributed by atoms with van der Waals surface area (Å²) in [4.78, 5) is 29.1. The molecule has 8 heteroatoms. The number of aromatic hydroxyl groups is 1. The zero-order valence-electron chi connectivity index (χ0n) is 17.2. The lowest BCUT2D eigenvalue weighted by Crippen LogP contribution is -2.10. The van der Waals surface area contributed by atoms with Crippen LogP contribution in [-0.4, -0.2) is 25.8 Å². The van der Waals surface area contributed by atoms with Gasteiger partial charge < -0.3 is 14.3 Å². The molecule has 3 aromatic carbocycles. The molecule has 0 atom stereocenters. The maximum atomic E-state index is 12.8. The van der Waals surface area contributed by atoms with E-state index in [2.05, 4.69) is 10.1 Å². The highest BCUT2D eigenvalue weighted by Crippen LogP contribution is 2.24. The van der Waals surface area contributed by atoms with Gasteiger partial charge in [-0.05, 0) is 24.3 Å². The minimum absolute atomic E-state index is 0.0381. The predicted octanol–water partition coefficient (Wildman–Crippen LogP) is 4.10. The quantitative estimate of drug-likeness (QED) is 0.324. The summed E-state index contributed by atoms with van der Waals surface area (Å²) in [6.45, 7) is -0.188. The lowest BCUT2D eigenvalue weighted by atomic mass is 10.1. The van der Waals surface area contributed by atoms with Gasteiger partial charge in [-0.25, -0.2) is 19.3 Å². The second kappa shape index (κ2) is 8.43. The van der Waals surface area contributed by atoms with E-state index in [1.807, 2.05) is 60.7 Å². The van der Waals surface area contributed by atoms with E-state index in [-0.39, 0.29) is 23.8 Å². The van der Waals surface area contributed by atoms with Crippen molar-refractivity contribution in [3.8, 4) is 22.8 Å². The number of nitrogens with zero attached hydrogens (tertiary/aromatic N) is 3. The summed E-state index contributed by atoms with van der Waals surface area (Å²) in [5.74, 6) is -0.386. The molecule has 0 unspecified atom stereocenters. The van der Waals surface area contributed by atoms with E-state index in [0.717, 1.165) is 11.3 Å². The average molecular weight is 439 g/mol. The number of hydrogen-bond donors (Lipinski definition) is 1. The second-order valence-electron chi connectivity index (χ2n) is 7.22. The number of rotatable bonds is 5. The molecule has 33 heavy (non-hydrogen) atoms. The van der Waals surface area contributed by atoms with Gasteiger partial charge in [0, 0.05) is 28.6 Å². The molecule has 5 aromatic rings. The van der Waals surface area contributed by atoms with Crippen molar-refractivity contribution in [2.45, 2.75) is 6.61 Å². The van der Waals surface area contributed by atoms with Gasteiger partial charge in [-0.2, -0.15) is 0 Å². The number of carbonyl (C=O) groups excluding carboxylic acids is 1. The number of hydrogen-bond acceptors (Lipinski definition) is 7. The highest BCUT2D eigenvalue weighted by Gasteiger charge is 2.20. The number of para-hydroxylation sites is 1. The van der Waals surface area contributed by atoms with Crippen LogP contribution < -0.4 is 5.63 Å². The fraction of sp³-hybridized carbons (Fsp3) is 0.0400. The van der Waals surface area contributed by atoms with Crippen LogP contribution in [-0.2, 0) is 11.3 Å². The minimum Gasteiger partial charge on any atom is -0.508 e. The molecule has 1 N–H and O–H groups in total. The summed E-state index contributed by atoms with van der Waals surface area (Å²) in [5.41, 5.74) is 1.57. The van der Waals surface area contributed by atoms with Crippen LogP contribution in [0.25, 0.3) is 28.0 Å².